The summed E-state index contributed by atoms with van der Waals surface area (Å²) < 4.78 is 5.71. The van der Waals surface area contributed by atoms with Crippen LogP contribution in [0.1, 0.15) is 30.2 Å². The number of carbonyl (C=O) groups is 1. The Balaban J connectivity index is 1.34. The molecular weight excluding hydrogens is 328 g/mol. The van der Waals surface area contributed by atoms with Crippen LogP contribution in [0.3, 0.4) is 0 Å². The van der Waals surface area contributed by atoms with Crippen LogP contribution in [0.25, 0.3) is 11.0 Å². The van der Waals surface area contributed by atoms with Gasteiger partial charge in [-0.05, 0) is 61.6 Å². The number of aryl methyl sites for hydroxylation is 2. The number of rotatable bonds is 5. The Morgan fingerprint density at radius 2 is 2.00 bits per heavy atom. The van der Waals surface area contributed by atoms with Gasteiger partial charge in [0.15, 0.2) is 12.4 Å². The monoisotopic (exact) mass is 348 g/mol. The summed E-state index contributed by atoms with van der Waals surface area (Å²) in [4.78, 5) is 17.2. The molecule has 0 saturated carbocycles. The molecule has 1 aliphatic rings. The fraction of sp³-hybridized carbons (Fsp3) is 0.238. The van der Waals surface area contributed by atoms with Crippen molar-refractivity contribution in [3.05, 3.63) is 65.4 Å². The maximum Gasteiger partial charge on any atom is 0.265 e. The fourth-order valence-electron chi connectivity index (χ4n) is 3.24. The van der Waals surface area contributed by atoms with Gasteiger partial charge in [-0.3, -0.25) is 4.79 Å². The number of anilines is 1. The zero-order valence-electron chi connectivity index (χ0n) is 14.6. The summed E-state index contributed by atoms with van der Waals surface area (Å²) in [7, 11) is 0. The first-order valence-electron chi connectivity index (χ1n) is 8.76. The number of oxime groups is 1. The number of nitrogens with one attached hydrogen (secondary N) is 1. The van der Waals surface area contributed by atoms with E-state index in [1.807, 2.05) is 42.5 Å². The molecule has 1 N–H and O–H groups in total. The smallest absolute Gasteiger partial charge is 0.265 e. The van der Waals surface area contributed by atoms with Crippen LogP contribution in [0, 0.1) is 0 Å². The number of carbonyl (C=O) groups excluding carboxylic acids is 1. The number of hydrogen-bond donors (Lipinski definition) is 1. The van der Waals surface area contributed by atoms with Gasteiger partial charge in [-0.2, -0.15) is 0 Å². The van der Waals surface area contributed by atoms with Gasteiger partial charge in [0, 0.05) is 11.1 Å². The molecule has 0 atom stereocenters. The predicted octanol–water partition coefficient (Wildman–Crippen LogP) is 4.30. The van der Waals surface area contributed by atoms with E-state index in [0.717, 1.165) is 29.5 Å². The Bertz CT molecular complexity index is 955. The maximum absolute atomic E-state index is 12.0. The van der Waals surface area contributed by atoms with Crippen molar-refractivity contribution in [2.24, 2.45) is 5.16 Å². The van der Waals surface area contributed by atoms with E-state index >= 15 is 0 Å². The lowest BCUT2D eigenvalue weighted by Crippen LogP contribution is -2.17. The Hall–Kier alpha value is -3.08. The van der Waals surface area contributed by atoms with Crippen molar-refractivity contribution in [1.29, 1.82) is 0 Å². The molecule has 26 heavy (non-hydrogen) atoms. The van der Waals surface area contributed by atoms with Crippen LogP contribution >= 0.6 is 0 Å². The molecule has 5 nitrogen and oxygen atoms in total. The molecular formula is C21H20N2O3. The molecule has 4 rings (SSSR count). The van der Waals surface area contributed by atoms with Crippen LogP contribution in [-0.4, -0.2) is 18.2 Å². The average molecular weight is 348 g/mol. The SMILES string of the molecule is C/C(=N\OCC(=O)Nc1ccc2c(c1)CCC2)c1cc2ccccc2o1. The van der Waals surface area contributed by atoms with Gasteiger partial charge in [0.1, 0.15) is 11.3 Å². The Kier molecular flexibility index (Phi) is 4.44. The molecule has 3 aromatic rings. The van der Waals surface area contributed by atoms with Gasteiger partial charge < -0.3 is 14.6 Å². The average Bonchev–Trinajstić information content (AvgIpc) is 3.27. The number of hydrogen-bond acceptors (Lipinski definition) is 4. The molecule has 5 heteroatoms. The van der Waals surface area contributed by atoms with E-state index in [-0.39, 0.29) is 12.5 Å². The van der Waals surface area contributed by atoms with E-state index in [0.29, 0.717) is 11.5 Å². The first-order valence-corrected chi connectivity index (χ1v) is 8.76. The third kappa shape index (κ3) is 3.47. The number of nitrogens with zero attached hydrogens (tertiary/aromatic N) is 1. The summed E-state index contributed by atoms with van der Waals surface area (Å²) in [6, 6.07) is 15.7. The minimum absolute atomic E-state index is 0.144. The lowest BCUT2D eigenvalue weighted by molar-refractivity contribution is -0.120. The molecule has 0 fully saturated rings. The molecule has 0 aliphatic heterocycles. The van der Waals surface area contributed by atoms with Crippen LogP contribution < -0.4 is 5.32 Å². The Morgan fingerprint density at radius 3 is 2.88 bits per heavy atom. The van der Waals surface area contributed by atoms with Crippen LogP contribution in [-0.2, 0) is 22.5 Å². The van der Waals surface area contributed by atoms with Gasteiger partial charge in [0.2, 0.25) is 0 Å². The van der Waals surface area contributed by atoms with Crippen LogP contribution in [0.15, 0.2) is 58.1 Å². The second-order valence-corrected chi connectivity index (χ2v) is 6.48. The van der Waals surface area contributed by atoms with Crippen molar-refractivity contribution in [2.75, 3.05) is 11.9 Å². The van der Waals surface area contributed by atoms with Gasteiger partial charge in [-0.15, -0.1) is 0 Å². The van der Waals surface area contributed by atoms with Gasteiger partial charge in [0.05, 0.1) is 0 Å². The quantitative estimate of drug-likeness (QED) is 0.552. The fourth-order valence-corrected chi connectivity index (χ4v) is 3.24. The number of para-hydroxylation sites is 1. The number of amides is 1. The van der Waals surface area contributed by atoms with Gasteiger partial charge in [-0.1, -0.05) is 29.4 Å². The van der Waals surface area contributed by atoms with E-state index in [2.05, 4.69) is 16.5 Å². The van der Waals surface area contributed by atoms with E-state index in [1.54, 1.807) is 6.92 Å². The van der Waals surface area contributed by atoms with Crippen LogP contribution in [0.4, 0.5) is 5.69 Å². The molecule has 1 aliphatic carbocycles. The minimum atomic E-state index is -0.232. The van der Waals surface area contributed by atoms with E-state index in [1.165, 1.54) is 17.5 Å². The summed E-state index contributed by atoms with van der Waals surface area (Å²) in [5, 5.41) is 7.85. The summed E-state index contributed by atoms with van der Waals surface area (Å²) >= 11 is 0. The molecule has 132 valence electrons. The Morgan fingerprint density at radius 1 is 1.15 bits per heavy atom. The van der Waals surface area contributed by atoms with Crippen molar-refractivity contribution < 1.29 is 14.0 Å². The van der Waals surface area contributed by atoms with Crippen molar-refractivity contribution >= 4 is 28.3 Å². The molecule has 2 aromatic carbocycles. The maximum atomic E-state index is 12.0. The standard InChI is InChI=1S/C21H20N2O3/c1-14(20-12-17-5-2-3-8-19(17)26-20)23-25-13-21(24)22-18-10-9-15-6-4-7-16(15)11-18/h2-3,5,8-12H,4,6-7,13H2,1H3,(H,22,24)/b23-14+. The van der Waals surface area contributed by atoms with E-state index in [9.17, 15) is 4.79 Å². The van der Waals surface area contributed by atoms with E-state index < -0.39 is 0 Å². The highest BCUT2D eigenvalue weighted by molar-refractivity contribution is 5.99. The lowest BCUT2D eigenvalue weighted by atomic mass is 10.1. The molecule has 0 bridgehead atoms. The molecule has 1 heterocycles. The van der Waals surface area contributed by atoms with Gasteiger partial charge >= 0.3 is 0 Å². The summed E-state index contributed by atoms with van der Waals surface area (Å²) in [5.41, 5.74) is 4.89. The van der Waals surface area contributed by atoms with Crippen molar-refractivity contribution in [3.63, 3.8) is 0 Å². The van der Waals surface area contributed by atoms with Crippen LogP contribution in [0.5, 0.6) is 0 Å². The molecule has 1 amide bonds. The predicted molar refractivity (Wildman–Crippen MR) is 101 cm³/mol. The zero-order chi connectivity index (χ0) is 17.9. The number of benzene rings is 2. The molecule has 1 aromatic heterocycles. The second kappa shape index (κ2) is 7.04. The third-order valence-electron chi connectivity index (χ3n) is 4.56. The molecule has 0 unspecified atom stereocenters. The topological polar surface area (TPSA) is 63.8 Å². The first-order chi connectivity index (χ1) is 12.7. The lowest BCUT2D eigenvalue weighted by Gasteiger charge is -2.07. The van der Waals surface area contributed by atoms with Gasteiger partial charge in [0.25, 0.3) is 5.91 Å². The molecule has 0 saturated heterocycles. The summed E-state index contributed by atoms with van der Waals surface area (Å²) in [6.07, 6.45) is 3.39. The highest BCUT2D eigenvalue weighted by Crippen LogP contribution is 2.25. The highest BCUT2D eigenvalue weighted by Gasteiger charge is 2.12. The third-order valence-corrected chi connectivity index (χ3v) is 4.56. The zero-order valence-corrected chi connectivity index (χ0v) is 14.6. The summed E-state index contributed by atoms with van der Waals surface area (Å²) in [5.74, 6) is 0.398. The molecule has 0 radical (unpaired) electrons. The summed E-state index contributed by atoms with van der Waals surface area (Å²) in [6.45, 7) is 1.64. The largest absolute Gasteiger partial charge is 0.455 e. The van der Waals surface area contributed by atoms with Crippen molar-refractivity contribution in [2.45, 2.75) is 26.2 Å². The van der Waals surface area contributed by atoms with Gasteiger partial charge in [-0.25, -0.2) is 0 Å². The first kappa shape index (κ1) is 16.4. The Labute approximate surface area is 151 Å². The number of fused-ring (bicyclic) bond motifs is 2. The van der Waals surface area contributed by atoms with Crippen LogP contribution in [0.2, 0.25) is 0 Å². The highest BCUT2D eigenvalue weighted by atomic mass is 16.6. The van der Waals surface area contributed by atoms with Crippen molar-refractivity contribution in [3.8, 4) is 0 Å². The van der Waals surface area contributed by atoms with E-state index in [4.69, 9.17) is 9.25 Å². The number of furan rings is 1. The normalized spacial score (nSPS) is 13.7. The van der Waals surface area contributed by atoms with Crippen molar-refractivity contribution in [1.82, 2.24) is 0 Å². The second-order valence-electron chi connectivity index (χ2n) is 6.48. The molecule has 0 spiro atoms. The minimum Gasteiger partial charge on any atom is -0.455 e.